The number of halogens is 4. The van der Waals surface area contributed by atoms with E-state index < -0.39 is 23.2 Å². The van der Waals surface area contributed by atoms with E-state index in [0.29, 0.717) is 12.8 Å². The zero-order chi connectivity index (χ0) is 15.3. The van der Waals surface area contributed by atoms with Gasteiger partial charge in [0, 0.05) is 18.5 Å². The first-order chi connectivity index (χ1) is 9.75. The molecule has 2 heterocycles. The lowest BCUT2D eigenvalue weighted by Gasteiger charge is -2.37. The molecule has 6 heteroatoms. The van der Waals surface area contributed by atoms with Crippen molar-refractivity contribution in [3.63, 3.8) is 0 Å². The molecule has 0 spiro atoms. The minimum atomic E-state index is -4.54. The van der Waals surface area contributed by atoms with Crippen LogP contribution in [0.15, 0.2) is 18.2 Å². The quantitative estimate of drug-likeness (QED) is 0.823. The van der Waals surface area contributed by atoms with Crippen LogP contribution in [-0.2, 0) is 12.6 Å². The highest BCUT2D eigenvalue weighted by Crippen LogP contribution is 2.39. The molecule has 0 aromatic heterocycles. The molecule has 2 aliphatic heterocycles. The van der Waals surface area contributed by atoms with Crippen molar-refractivity contribution in [2.24, 2.45) is 0 Å². The van der Waals surface area contributed by atoms with Crippen LogP contribution in [0.2, 0.25) is 0 Å². The van der Waals surface area contributed by atoms with Crippen LogP contribution in [0.5, 0.6) is 0 Å². The van der Waals surface area contributed by atoms with E-state index in [1.165, 1.54) is 0 Å². The number of hydrogen-bond donors (Lipinski definition) is 2. The maximum absolute atomic E-state index is 13.3. The lowest BCUT2D eigenvalue weighted by molar-refractivity contribution is -0.138. The van der Waals surface area contributed by atoms with Gasteiger partial charge in [-0.1, -0.05) is 0 Å². The number of nitrogens with one attached hydrogen (secondary N) is 1. The van der Waals surface area contributed by atoms with Crippen molar-refractivity contribution < 1.29 is 22.7 Å². The molecule has 0 amide bonds. The van der Waals surface area contributed by atoms with Gasteiger partial charge in [-0.2, -0.15) is 13.2 Å². The summed E-state index contributed by atoms with van der Waals surface area (Å²) in [5.74, 6) is -0.710. The van der Waals surface area contributed by atoms with E-state index in [9.17, 15) is 22.7 Å². The average Bonchev–Trinajstić information content (AvgIpc) is 2.67. The predicted octanol–water partition coefficient (Wildman–Crippen LogP) is 3.03. The molecular formula is C15H17F4NO. The molecule has 3 rings (SSSR count). The zero-order valence-corrected chi connectivity index (χ0v) is 11.4. The molecular weight excluding hydrogens is 286 g/mol. The summed E-state index contributed by atoms with van der Waals surface area (Å²) < 4.78 is 52.3. The van der Waals surface area contributed by atoms with E-state index in [0.717, 1.165) is 31.0 Å². The number of benzene rings is 1. The molecule has 2 saturated heterocycles. The maximum atomic E-state index is 13.3. The Hall–Kier alpha value is -1.14. The number of piperidine rings is 1. The third kappa shape index (κ3) is 3.06. The summed E-state index contributed by atoms with van der Waals surface area (Å²) in [4.78, 5) is 0. The molecule has 116 valence electrons. The summed E-state index contributed by atoms with van der Waals surface area (Å²) >= 11 is 0. The summed E-state index contributed by atoms with van der Waals surface area (Å²) in [6.45, 7) is 0. The Balaban J connectivity index is 1.89. The van der Waals surface area contributed by atoms with Crippen LogP contribution >= 0.6 is 0 Å². The van der Waals surface area contributed by atoms with Crippen LogP contribution in [0.4, 0.5) is 17.6 Å². The normalized spacial score (nSPS) is 32.4. The Bertz CT molecular complexity index is 531. The summed E-state index contributed by atoms with van der Waals surface area (Å²) in [6, 6.07) is 2.75. The Morgan fingerprint density at radius 3 is 2.38 bits per heavy atom. The Kier molecular flexibility index (Phi) is 3.48. The van der Waals surface area contributed by atoms with Crippen LogP contribution in [0.3, 0.4) is 0 Å². The highest BCUT2D eigenvalue weighted by atomic mass is 19.4. The third-order valence-electron chi connectivity index (χ3n) is 4.48. The van der Waals surface area contributed by atoms with Crippen molar-refractivity contribution in [1.29, 1.82) is 0 Å². The summed E-state index contributed by atoms with van der Waals surface area (Å²) in [5, 5.41) is 14.0. The van der Waals surface area contributed by atoms with Gasteiger partial charge in [0.1, 0.15) is 5.82 Å². The van der Waals surface area contributed by atoms with Gasteiger partial charge < -0.3 is 10.4 Å². The van der Waals surface area contributed by atoms with Crippen LogP contribution in [0, 0.1) is 5.82 Å². The van der Waals surface area contributed by atoms with Crippen LogP contribution in [0.25, 0.3) is 0 Å². The zero-order valence-electron chi connectivity index (χ0n) is 11.4. The first-order valence-electron chi connectivity index (χ1n) is 7.09. The van der Waals surface area contributed by atoms with E-state index in [4.69, 9.17) is 0 Å². The van der Waals surface area contributed by atoms with E-state index in [-0.39, 0.29) is 24.1 Å². The molecule has 2 fully saturated rings. The van der Waals surface area contributed by atoms with Gasteiger partial charge in [0.25, 0.3) is 0 Å². The van der Waals surface area contributed by atoms with Crippen molar-refractivity contribution in [2.45, 2.75) is 56.0 Å². The van der Waals surface area contributed by atoms with Crippen molar-refractivity contribution in [3.8, 4) is 0 Å². The molecule has 1 aromatic carbocycles. The second-order valence-corrected chi connectivity index (χ2v) is 6.25. The maximum Gasteiger partial charge on any atom is 0.416 e. The number of hydrogen-bond acceptors (Lipinski definition) is 2. The Morgan fingerprint density at radius 1 is 1.19 bits per heavy atom. The highest BCUT2D eigenvalue weighted by Gasteiger charge is 2.44. The third-order valence-corrected chi connectivity index (χ3v) is 4.48. The fourth-order valence-corrected chi connectivity index (χ4v) is 3.71. The molecule has 2 nitrogen and oxygen atoms in total. The lowest BCUT2D eigenvalue weighted by atomic mass is 9.81. The fraction of sp³-hybridized carbons (Fsp3) is 0.600. The van der Waals surface area contributed by atoms with E-state index in [1.54, 1.807) is 0 Å². The predicted molar refractivity (Wildman–Crippen MR) is 69.2 cm³/mol. The first-order valence-corrected chi connectivity index (χ1v) is 7.09. The summed E-state index contributed by atoms with van der Waals surface area (Å²) in [7, 11) is 0. The van der Waals surface area contributed by atoms with E-state index >= 15 is 0 Å². The molecule has 21 heavy (non-hydrogen) atoms. The first kappa shape index (κ1) is 14.8. The monoisotopic (exact) mass is 303 g/mol. The van der Waals surface area contributed by atoms with Gasteiger partial charge in [-0.25, -0.2) is 4.39 Å². The Morgan fingerprint density at radius 2 is 1.81 bits per heavy atom. The highest BCUT2D eigenvalue weighted by molar-refractivity contribution is 5.32. The molecule has 0 radical (unpaired) electrons. The van der Waals surface area contributed by atoms with Crippen LogP contribution in [-0.4, -0.2) is 22.8 Å². The molecule has 2 unspecified atom stereocenters. The topological polar surface area (TPSA) is 32.3 Å². The SMILES string of the molecule is OC1(Cc2cc(F)ccc2C(F)(F)F)CC2CCC(C1)N2. The number of rotatable bonds is 2. The van der Waals surface area contributed by atoms with Crippen molar-refractivity contribution in [3.05, 3.63) is 35.1 Å². The van der Waals surface area contributed by atoms with E-state index in [1.807, 2.05) is 0 Å². The van der Waals surface area contributed by atoms with Gasteiger partial charge in [0.15, 0.2) is 0 Å². The van der Waals surface area contributed by atoms with Crippen molar-refractivity contribution in [2.75, 3.05) is 0 Å². The molecule has 0 saturated carbocycles. The molecule has 0 aliphatic carbocycles. The fourth-order valence-electron chi connectivity index (χ4n) is 3.71. The van der Waals surface area contributed by atoms with Crippen molar-refractivity contribution >= 4 is 0 Å². The molecule has 2 N–H and O–H groups in total. The molecule has 2 aliphatic rings. The average molecular weight is 303 g/mol. The van der Waals surface area contributed by atoms with Gasteiger partial charge in [-0.15, -0.1) is 0 Å². The smallest absolute Gasteiger partial charge is 0.389 e. The van der Waals surface area contributed by atoms with Gasteiger partial charge in [0.2, 0.25) is 0 Å². The molecule has 2 atom stereocenters. The molecule has 2 bridgehead atoms. The second kappa shape index (κ2) is 4.95. The Labute approximate surface area is 120 Å². The summed E-state index contributed by atoms with van der Waals surface area (Å²) in [6.07, 6.45) is -2.00. The minimum Gasteiger partial charge on any atom is -0.389 e. The van der Waals surface area contributed by atoms with Crippen LogP contribution in [0.1, 0.15) is 36.8 Å². The van der Waals surface area contributed by atoms with Gasteiger partial charge in [-0.05, 0) is 49.4 Å². The number of aliphatic hydroxyl groups is 1. The number of alkyl halides is 3. The van der Waals surface area contributed by atoms with Gasteiger partial charge in [-0.3, -0.25) is 0 Å². The lowest BCUT2D eigenvalue weighted by Crippen LogP contribution is -2.49. The summed E-state index contributed by atoms with van der Waals surface area (Å²) in [5.41, 5.74) is -2.21. The minimum absolute atomic E-state index is 0.150. The van der Waals surface area contributed by atoms with Crippen LogP contribution < -0.4 is 5.32 Å². The van der Waals surface area contributed by atoms with Crippen molar-refractivity contribution in [1.82, 2.24) is 5.32 Å². The van der Waals surface area contributed by atoms with Gasteiger partial charge in [0.05, 0.1) is 11.2 Å². The standard InChI is InChI=1S/C15H17F4NO/c16-10-1-4-13(15(17,18)19)9(5-10)6-14(21)7-11-2-3-12(8-14)20-11/h1,4-5,11-12,20-21H,2-3,6-8H2. The van der Waals surface area contributed by atoms with E-state index in [2.05, 4.69) is 5.32 Å². The number of fused-ring (bicyclic) bond motifs is 2. The van der Waals surface area contributed by atoms with Gasteiger partial charge >= 0.3 is 6.18 Å². The molecule has 1 aromatic rings. The second-order valence-electron chi connectivity index (χ2n) is 6.25. The largest absolute Gasteiger partial charge is 0.416 e.